The van der Waals surface area contributed by atoms with E-state index in [0.29, 0.717) is 5.56 Å². The van der Waals surface area contributed by atoms with Crippen molar-refractivity contribution in [2.24, 2.45) is 10.9 Å². The van der Waals surface area contributed by atoms with Gasteiger partial charge in [-0.05, 0) is 42.8 Å². The average Bonchev–Trinajstić information content (AvgIpc) is 2.49. The molecule has 0 saturated carbocycles. The molecule has 0 saturated heterocycles. The first-order valence-electron chi connectivity index (χ1n) is 6.31. The maximum Gasteiger partial charge on any atom is 0.170 e. The van der Waals surface area contributed by atoms with Crippen LogP contribution in [0, 0.1) is 6.92 Å². The second-order valence-electron chi connectivity index (χ2n) is 4.66. The van der Waals surface area contributed by atoms with Crippen molar-refractivity contribution in [2.75, 3.05) is 11.9 Å². The fourth-order valence-electron chi connectivity index (χ4n) is 1.94. The molecule has 1 aromatic carbocycles. The SMILES string of the molecule is Cc1cccnc1CN(C)c1ccc(/C(N)=N/O)cc1. The van der Waals surface area contributed by atoms with E-state index >= 15 is 0 Å². The van der Waals surface area contributed by atoms with E-state index in [1.54, 1.807) is 6.20 Å². The number of nitrogens with zero attached hydrogens (tertiary/aromatic N) is 3. The minimum absolute atomic E-state index is 0.111. The number of benzene rings is 1. The molecule has 2 rings (SSSR count). The lowest BCUT2D eigenvalue weighted by Crippen LogP contribution is -2.18. The molecule has 5 heteroatoms. The lowest BCUT2D eigenvalue weighted by molar-refractivity contribution is 0.318. The summed E-state index contributed by atoms with van der Waals surface area (Å²) in [7, 11) is 2.01. The molecule has 104 valence electrons. The second-order valence-corrected chi connectivity index (χ2v) is 4.66. The van der Waals surface area contributed by atoms with Crippen molar-refractivity contribution in [3.8, 4) is 0 Å². The number of anilines is 1. The highest BCUT2D eigenvalue weighted by molar-refractivity contribution is 5.97. The van der Waals surface area contributed by atoms with Crippen molar-refractivity contribution in [2.45, 2.75) is 13.5 Å². The van der Waals surface area contributed by atoms with Gasteiger partial charge in [0.15, 0.2) is 5.84 Å². The quantitative estimate of drug-likeness (QED) is 0.386. The van der Waals surface area contributed by atoms with Crippen molar-refractivity contribution in [3.63, 3.8) is 0 Å². The number of pyridine rings is 1. The van der Waals surface area contributed by atoms with Crippen LogP contribution in [0.1, 0.15) is 16.8 Å². The van der Waals surface area contributed by atoms with Gasteiger partial charge in [0.2, 0.25) is 0 Å². The van der Waals surface area contributed by atoms with Crippen LogP contribution >= 0.6 is 0 Å². The Balaban J connectivity index is 2.14. The normalized spacial score (nSPS) is 11.4. The molecule has 1 aromatic heterocycles. The van der Waals surface area contributed by atoms with Crippen LogP contribution in [-0.4, -0.2) is 23.1 Å². The Morgan fingerprint density at radius 2 is 2.00 bits per heavy atom. The number of amidine groups is 1. The zero-order chi connectivity index (χ0) is 14.5. The smallest absolute Gasteiger partial charge is 0.170 e. The molecule has 1 heterocycles. The molecule has 0 aliphatic carbocycles. The fourth-order valence-corrected chi connectivity index (χ4v) is 1.94. The predicted octanol–water partition coefficient (Wildman–Crippen LogP) is 2.12. The number of nitrogens with two attached hydrogens (primary N) is 1. The third-order valence-electron chi connectivity index (χ3n) is 3.22. The van der Waals surface area contributed by atoms with Crippen molar-refractivity contribution in [1.82, 2.24) is 4.98 Å². The van der Waals surface area contributed by atoms with Gasteiger partial charge in [0.25, 0.3) is 0 Å². The number of oxime groups is 1. The molecule has 0 unspecified atom stereocenters. The molecular weight excluding hydrogens is 252 g/mol. The van der Waals surface area contributed by atoms with Crippen molar-refractivity contribution in [1.29, 1.82) is 0 Å². The van der Waals surface area contributed by atoms with Crippen LogP contribution in [0.5, 0.6) is 0 Å². The van der Waals surface area contributed by atoms with Crippen LogP contribution in [0.3, 0.4) is 0 Å². The van der Waals surface area contributed by atoms with Crippen LogP contribution in [0.4, 0.5) is 5.69 Å². The lowest BCUT2D eigenvalue weighted by atomic mass is 10.1. The summed E-state index contributed by atoms with van der Waals surface area (Å²) in [6.07, 6.45) is 1.80. The maximum absolute atomic E-state index is 8.64. The molecule has 0 aliphatic rings. The van der Waals surface area contributed by atoms with E-state index in [-0.39, 0.29) is 5.84 Å². The van der Waals surface area contributed by atoms with Crippen LogP contribution in [0.15, 0.2) is 47.8 Å². The van der Waals surface area contributed by atoms with Gasteiger partial charge in [0, 0.05) is 24.5 Å². The van der Waals surface area contributed by atoms with Gasteiger partial charge in [-0.1, -0.05) is 11.2 Å². The van der Waals surface area contributed by atoms with Gasteiger partial charge in [0.05, 0.1) is 12.2 Å². The zero-order valence-corrected chi connectivity index (χ0v) is 11.6. The van der Waals surface area contributed by atoms with Crippen LogP contribution in [0.2, 0.25) is 0 Å². The number of hydrogen-bond acceptors (Lipinski definition) is 4. The summed E-state index contributed by atoms with van der Waals surface area (Å²) in [5.74, 6) is 0.111. The highest BCUT2D eigenvalue weighted by atomic mass is 16.4. The molecule has 0 fully saturated rings. The van der Waals surface area contributed by atoms with Crippen molar-refractivity contribution >= 4 is 11.5 Å². The first kappa shape index (κ1) is 13.9. The van der Waals surface area contributed by atoms with Gasteiger partial charge in [-0.15, -0.1) is 0 Å². The van der Waals surface area contributed by atoms with Gasteiger partial charge in [-0.3, -0.25) is 4.98 Å². The lowest BCUT2D eigenvalue weighted by Gasteiger charge is -2.20. The highest BCUT2D eigenvalue weighted by Crippen LogP contribution is 2.17. The van der Waals surface area contributed by atoms with Crippen LogP contribution in [-0.2, 0) is 6.54 Å². The van der Waals surface area contributed by atoms with Crippen LogP contribution in [0.25, 0.3) is 0 Å². The molecule has 0 bridgehead atoms. The molecule has 0 amide bonds. The standard InChI is InChI=1S/C15H18N4O/c1-11-4-3-9-17-14(11)10-19(2)13-7-5-12(6-8-13)15(16)18-20/h3-9,20H,10H2,1-2H3,(H2,16,18). The van der Waals surface area contributed by atoms with E-state index in [4.69, 9.17) is 10.9 Å². The monoisotopic (exact) mass is 270 g/mol. The van der Waals surface area contributed by atoms with Gasteiger partial charge in [-0.25, -0.2) is 0 Å². The first-order chi connectivity index (χ1) is 9.61. The molecule has 5 nitrogen and oxygen atoms in total. The van der Waals surface area contributed by atoms with E-state index in [9.17, 15) is 0 Å². The van der Waals surface area contributed by atoms with E-state index in [1.165, 1.54) is 5.56 Å². The number of aryl methyl sites for hydroxylation is 1. The van der Waals surface area contributed by atoms with Gasteiger partial charge < -0.3 is 15.8 Å². The Hall–Kier alpha value is -2.56. The molecular formula is C15H18N4O. The third kappa shape index (κ3) is 3.06. The second kappa shape index (κ2) is 6.06. The number of aromatic nitrogens is 1. The maximum atomic E-state index is 8.64. The number of rotatable bonds is 4. The molecule has 0 radical (unpaired) electrons. The van der Waals surface area contributed by atoms with E-state index in [0.717, 1.165) is 17.9 Å². The Labute approximate surface area is 118 Å². The Morgan fingerprint density at radius 1 is 1.30 bits per heavy atom. The summed E-state index contributed by atoms with van der Waals surface area (Å²) >= 11 is 0. The summed E-state index contributed by atoms with van der Waals surface area (Å²) < 4.78 is 0. The van der Waals surface area contributed by atoms with E-state index < -0.39 is 0 Å². The molecule has 0 atom stereocenters. The molecule has 20 heavy (non-hydrogen) atoms. The van der Waals surface area contributed by atoms with E-state index in [2.05, 4.69) is 28.0 Å². The minimum Gasteiger partial charge on any atom is -0.409 e. The van der Waals surface area contributed by atoms with Crippen molar-refractivity contribution in [3.05, 3.63) is 59.4 Å². The summed E-state index contributed by atoms with van der Waals surface area (Å²) in [6.45, 7) is 2.78. The largest absolute Gasteiger partial charge is 0.409 e. The fraction of sp³-hybridized carbons (Fsp3) is 0.200. The van der Waals surface area contributed by atoms with E-state index in [1.807, 2.05) is 37.4 Å². The topological polar surface area (TPSA) is 74.7 Å². The summed E-state index contributed by atoms with van der Waals surface area (Å²) in [4.78, 5) is 6.49. The van der Waals surface area contributed by atoms with Gasteiger partial charge in [0.1, 0.15) is 0 Å². The highest BCUT2D eigenvalue weighted by Gasteiger charge is 2.06. The predicted molar refractivity (Wildman–Crippen MR) is 80.0 cm³/mol. The van der Waals surface area contributed by atoms with Crippen molar-refractivity contribution < 1.29 is 5.21 Å². The molecule has 2 aromatic rings. The number of hydrogen-bond donors (Lipinski definition) is 2. The van der Waals surface area contributed by atoms with Gasteiger partial charge >= 0.3 is 0 Å². The van der Waals surface area contributed by atoms with Gasteiger partial charge in [-0.2, -0.15) is 0 Å². The molecule has 3 N–H and O–H groups in total. The molecule has 0 aliphatic heterocycles. The summed E-state index contributed by atoms with van der Waals surface area (Å²) in [5, 5.41) is 11.6. The Morgan fingerprint density at radius 3 is 2.60 bits per heavy atom. The first-order valence-corrected chi connectivity index (χ1v) is 6.31. The summed E-state index contributed by atoms with van der Waals surface area (Å²) in [6, 6.07) is 11.5. The average molecular weight is 270 g/mol. The third-order valence-corrected chi connectivity index (χ3v) is 3.22. The minimum atomic E-state index is 0.111. The Bertz CT molecular complexity index is 608. The summed E-state index contributed by atoms with van der Waals surface area (Å²) in [5.41, 5.74) is 9.50. The Kier molecular flexibility index (Phi) is 4.20. The zero-order valence-electron chi connectivity index (χ0n) is 11.6. The molecule has 0 spiro atoms. The van der Waals surface area contributed by atoms with Crippen LogP contribution < -0.4 is 10.6 Å².